The highest BCUT2D eigenvalue weighted by Crippen LogP contribution is 2.17. The Kier molecular flexibility index (Phi) is 5.08. The molecule has 3 N–H and O–H groups in total. The summed E-state index contributed by atoms with van der Waals surface area (Å²) < 4.78 is 5.53. The maximum Gasteiger partial charge on any atom is 0.226 e. The fourth-order valence-electron chi connectivity index (χ4n) is 1.66. The lowest BCUT2D eigenvalue weighted by atomic mass is 10.4. The van der Waals surface area contributed by atoms with Crippen LogP contribution in [0.25, 0.3) is 11.2 Å². The minimum Gasteiger partial charge on any atom is -0.378 e. The summed E-state index contributed by atoms with van der Waals surface area (Å²) in [4.78, 5) is 17.9. The second-order valence-electron chi connectivity index (χ2n) is 4.59. The van der Waals surface area contributed by atoms with E-state index in [4.69, 9.17) is 4.74 Å². The minimum absolute atomic E-state index is 0.542. The predicted molar refractivity (Wildman–Crippen MR) is 79.1 cm³/mol. The Morgan fingerprint density at radius 1 is 1.30 bits per heavy atom. The molecule has 0 amide bonds. The van der Waals surface area contributed by atoms with Crippen molar-refractivity contribution < 1.29 is 4.74 Å². The van der Waals surface area contributed by atoms with Gasteiger partial charge in [0.25, 0.3) is 0 Å². The molecule has 0 unspecified atom stereocenters. The standard InChI is InChI=1S/C12H21N7O/c1-13-12-17-10(9-11(18-12)16-8-15-9)14-4-6-20-7-5-19(2)3/h8H,4-7H2,1-3H3,(H3,13,14,15,16,17,18). The summed E-state index contributed by atoms with van der Waals surface area (Å²) >= 11 is 0. The highest BCUT2D eigenvalue weighted by molar-refractivity contribution is 5.83. The van der Waals surface area contributed by atoms with Crippen molar-refractivity contribution in [2.45, 2.75) is 0 Å². The number of likely N-dealkylation sites (N-methyl/N-ethyl adjacent to an activating group) is 1. The van der Waals surface area contributed by atoms with Gasteiger partial charge in [-0.25, -0.2) is 4.98 Å². The number of anilines is 2. The molecule has 0 aromatic carbocycles. The molecule has 0 saturated heterocycles. The lowest BCUT2D eigenvalue weighted by molar-refractivity contribution is 0.126. The van der Waals surface area contributed by atoms with Crippen molar-refractivity contribution in [1.82, 2.24) is 24.8 Å². The fraction of sp³-hybridized carbons (Fsp3) is 0.583. The van der Waals surface area contributed by atoms with E-state index in [1.807, 2.05) is 14.1 Å². The van der Waals surface area contributed by atoms with E-state index in [1.165, 1.54) is 0 Å². The molecule has 0 spiro atoms. The van der Waals surface area contributed by atoms with Gasteiger partial charge in [-0.05, 0) is 14.1 Å². The average Bonchev–Trinajstić information content (AvgIpc) is 2.90. The second kappa shape index (κ2) is 7.01. The lowest BCUT2D eigenvalue weighted by Crippen LogP contribution is -2.20. The number of imidazole rings is 1. The number of aromatic amines is 1. The SMILES string of the molecule is CNc1nc(NCCOCCN(C)C)c2[nH]cnc2n1. The molecule has 0 aliphatic heterocycles. The Balaban J connectivity index is 1.87. The zero-order valence-electron chi connectivity index (χ0n) is 12.1. The van der Waals surface area contributed by atoms with Crippen LogP contribution in [0.2, 0.25) is 0 Å². The number of hydrogen-bond donors (Lipinski definition) is 3. The van der Waals surface area contributed by atoms with Crippen molar-refractivity contribution >= 4 is 22.9 Å². The van der Waals surface area contributed by atoms with E-state index in [1.54, 1.807) is 13.4 Å². The van der Waals surface area contributed by atoms with E-state index < -0.39 is 0 Å². The molecular weight excluding hydrogens is 258 g/mol. The normalized spacial score (nSPS) is 11.2. The Labute approximate surface area is 118 Å². The average molecular weight is 279 g/mol. The van der Waals surface area contributed by atoms with E-state index in [-0.39, 0.29) is 0 Å². The molecule has 2 aromatic heterocycles. The molecule has 0 fully saturated rings. The number of ether oxygens (including phenoxy) is 1. The van der Waals surface area contributed by atoms with Crippen LogP contribution in [0, 0.1) is 0 Å². The zero-order valence-corrected chi connectivity index (χ0v) is 12.1. The number of nitrogens with zero attached hydrogens (tertiary/aromatic N) is 4. The molecule has 110 valence electrons. The van der Waals surface area contributed by atoms with Gasteiger partial charge in [0, 0.05) is 20.1 Å². The summed E-state index contributed by atoms with van der Waals surface area (Å²) in [5.41, 5.74) is 1.44. The fourth-order valence-corrected chi connectivity index (χ4v) is 1.66. The van der Waals surface area contributed by atoms with Crippen LogP contribution < -0.4 is 10.6 Å². The van der Waals surface area contributed by atoms with Crippen LogP contribution in [-0.2, 0) is 4.74 Å². The lowest BCUT2D eigenvalue weighted by Gasteiger charge is -2.11. The molecular formula is C12H21N7O. The van der Waals surface area contributed by atoms with Gasteiger partial charge in [-0.3, -0.25) is 0 Å². The molecule has 2 rings (SSSR count). The van der Waals surface area contributed by atoms with Gasteiger partial charge >= 0.3 is 0 Å². The van der Waals surface area contributed by atoms with Gasteiger partial charge in [0.15, 0.2) is 11.5 Å². The third-order valence-corrected chi connectivity index (χ3v) is 2.73. The van der Waals surface area contributed by atoms with Gasteiger partial charge < -0.3 is 25.3 Å². The zero-order chi connectivity index (χ0) is 14.4. The van der Waals surface area contributed by atoms with Crippen molar-refractivity contribution in [3.63, 3.8) is 0 Å². The molecule has 0 atom stereocenters. The summed E-state index contributed by atoms with van der Waals surface area (Å²) in [5.74, 6) is 1.27. The molecule has 0 aliphatic rings. The van der Waals surface area contributed by atoms with Gasteiger partial charge in [0.1, 0.15) is 5.52 Å². The topological polar surface area (TPSA) is 91.0 Å². The molecule has 2 heterocycles. The van der Waals surface area contributed by atoms with Crippen LogP contribution in [0.5, 0.6) is 0 Å². The highest BCUT2D eigenvalue weighted by atomic mass is 16.5. The summed E-state index contributed by atoms with van der Waals surface area (Å²) in [6, 6.07) is 0. The summed E-state index contributed by atoms with van der Waals surface area (Å²) in [5, 5.41) is 6.16. The maximum atomic E-state index is 5.53. The maximum absolute atomic E-state index is 5.53. The van der Waals surface area contributed by atoms with Gasteiger partial charge in [-0.1, -0.05) is 0 Å². The number of rotatable bonds is 8. The molecule has 0 aliphatic carbocycles. The summed E-state index contributed by atoms with van der Waals surface area (Å²) in [7, 11) is 5.83. The number of nitrogens with one attached hydrogen (secondary N) is 3. The third kappa shape index (κ3) is 3.78. The van der Waals surface area contributed by atoms with Gasteiger partial charge in [-0.15, -0.1) is 0 Å². The molecule has 20 heavy (non-hydrogen) atoms. The Morgan fingerprint density at radius 3 is 2.90 bits per heavy atom. The predicted octanol–water partition coefficient (Wildman–Crippen LogP) is 0.385. The van der Waals surface area contributed by atoms with Crippen molar-refractivity contribution in [3.05, 3.63) is 6.33 Å². The monoisotopic (exact) mass is 279 g/mol. The number of H-pyrrole nitrogens is 1. The molecule has 8 nitrogen and oxygen atoms in total. The second-order valence-corrected chi connectivity index (χ2v) is 4.59. The molecule has 8 heteroatoms. The van der Waals surface area contributed by atoms with Crippen molar-refractivity contribution in [2.24, 2.45) is 0 Å². The Bertz CT molecular complexity index is 540. The van der Waals surface area contributed by atoms with Crippen LogP contribution in [-0.4, -0.2) is 72.3 Å². The highest BCUT2D eigenvalue weighted by Gasteiger charge is 2.08. The van der Waals surface area contributed by atoms with Gasteiger partial charge in [-0.2, -0.15) is 9.97 Å². The first-order valence-corrected chi connectivity index (χ1v) is 6.56. The first-order valence-electron chi connectivity index (χ1n) is 6.56. The van der Waals surface area contributed by atoms with Crippen molar-refractivity contribution in [1.29, 1.82) is 0 Å². The minimum atomic E-state index is 0.542. The Hall–Kier alpha value is -1.93. The van der Waals surface area contributed by atoms with E-state index >= 15 is 0 Å². The molecule has 0 saturated carbocycles. The smallest absolute Gasteiger partial charge is 0.226 e. The summed E-state index contributed by atoms with van der Waals surface area (Å²) in [6.07, 6.45) is 1.61. The molecule has 2 aromatic rings. The van der Waals surface area contributed by atoms with Crippen LogP contribution in [0.1, 0.15) is 0 Å². The molecule has 0 radical (unpaired) electrons. The van der Waals surface area contributed by atoms with Gasteiger partial charge in [0.05, 0.1) is 19.5 Å². The van der Waals surface area contributed by atoms with Gasteiger partial charge in [0.2, 0.25) is 5.95 Å². The van der Waals surface area contributed by atoms with E-state index in [2.05, 4.69) is 35.5 Å². The largest absolute Gasteiger partial charge is 0.378 e. The number of aromatic nitrogens is 4. The van der Waals surface area contributed by atoms with Crippen LogP contribution in [0.15, 0.2) is 6.33 Å². The summed E-state index contributed by atoms with van der Waals surface area (Å²) in [6.45, 7) is 2.95. The van der Waals surface area contributed by atoms with Crippen molar-refractivity contribution in [3.8, 4) is 0 Å². The van der Waals surface area contributed by atoms with Crippen LogP contribution in [0.4, 0.5) is 11.8 Å². The van der Waals surface area contributed by atoms with E-state index in [9.17, 15) is 0 Å². The molecule has 0 bridgehead atoms. The van der Waals surface area contributed by atoms with Crippen LogP contribution in [0.3, 0.4) is 0 Å². The van der Waals surface area contributed by atoms with E-state index in [0.29, 0.717) is 24.7 Å². The number of hydrogen-bond acceptors (Lipinski definition) is 7. The quantitative estimate of drug-likeness (QED) is 0.602. The first kappa shape index (κ1) is 14.5. The van der Waals surface area contributed by atoms with Crippen molar-refractivity contribution in [2.75, 3.05) is 58.1 Å². The first-order chi connectivity index (χ1) is 9.70. The third-order valence-electron chi connectivity index (χ3n) is 2.73. The number of fused-ring (bicyclic) bond motifs is 1. The Morgan fingerprint density at radius 2 is 2.15 bits per heavy atom. The van der Waals surface area contributed by atoms with E-state index in [0.717, 1.165) is 24.5 Å². The van der Waals surface area contributed by atoms with Crippen LogP contribution >= 0.6 is 0 Å².